The number of rotatable bonds is 6. The first-order valence-corrected chi connectivity index (χ1v) is 12.3. The third-order valence-corrected chi connectivity index (χ3v) is 6.78. The van der Waals surface area contributed by atoms with Gasteiger partial charge in [-0.05, 0) is 86.7 Å². The third kappa shape index (κ3) is 5.37. The number of anilines is 2. The molecule has 0 aliphatic carbocycles. The minimum atomic E-state index is -3.47. The summed E-state index contributed by atoms with van der Waals surface area (Å²) in [5, 5.41) is 3.00. The molecule has 3 aromatic rings. The van der Waals surface area contributed by atoms with E-state index in [2.05, 4.69) is 5.32 Å². The molecule has 0 fully saturated rings. The molecule has 3 rings (SSSR count). The average Bonchev–Trinajstić information content (AvgIpc) is 2.70. The molecule has 168 valence electrons. The van der Waals surface area contributed by atoms with Crippen LogP contribution in [0.3, 0.4) is 0 Å². The van der Waals surface area contributed by atoms with Crippen molar-refractivity contribution in [2.24, 2.45) is 0 Å². The number of carbonyl (C=O) groups excluding carboxylic acids is 1. The summed E-state index contributed by atoms with van der Waals surface area (Å²) in [6.45, 7) is 10.1. The van der Waals surface area contributed by atoms with Crippen LogP contribution in [0.1, 0.15) is 43.7 Å². The zero-order chi connectivity index (χ0) is 23.6. The summed E-state index contributed by atoms with van der Waals surface area (Å²) in [5.74, 6) is -0.194. The second-order valence-corrected chi connectivity index (χ2v) is 10.4. The predicted octanol–water partition coefficient (Wildman–Crippen LogP) is 5.45. The lowest BCUT2D eigenvalue weighted by molar-refractivity contribution is 0.102. The average molecular weight is 451 g/mol. The van der Waals surface area contributed by atoms with Crippen molar-refractivity contribution in [2.75, 3.05) is 15.9 Å². The van der Waals surface area contributed by atoms with Crippen LogP contribution < -0.4 is 9.62 Å². The van der Waals surface area contributed by atoms with Crippen LogP contribution in [0, 0.1) is 34.6 Å². The number of nitrogens with zero attached hydrogens (tertiary/aromatic N) is 1. The van der Waals surface area contributed by atoms with Gasteiger partial charge in [0.2, 0.25) is 10.0 Å². The summed E-state index contributed by atoms with van der Waals surface area (Å²) < 4.78 is 26.3. The Morgan fingerprint density at radius 3 is 1.94 bits per heavy atom. The Morgan fingerprint density at radius 1 is 0.812 bits per heavy atom. The Morgan fingerprint density at radius 2 is 1.41 bits per heavy atom. The van der Waals surface area contributed by atoms with Crippen molar-refractivity contribution in [3.8, 4) is 0 Å². The second kappa shape index (κ2) is 9.17. The van der Waals surface area contributed by atoms with Crippen LogP contribution in [0.4, 0.5) is 11.4 Å². The highest BCUT2D eigenvalue weighted by Gasteiger charge is 2.19. The SMILES string of the molecule is Cc1cc(C)c(NC(=O)c2ccc(CN(c3ccc(C)c(C)c3)S(C)(=O)=O)cc2)c(C)c1. The Labute approximate surface area is 191 Å². The van der Waals surface area contributed by atoms with E-state index in [9.17, 15) is 13.2 Å². The molecule has 0 unspecified atom stereocenters. The summed E-state index contributed by atoms with van der Waals surface area (Å²) >= 11 is 0. The molecule has 5 nitrogen and oxygen atoms in total. The van der Waals surface area contributed by atoms with Gasteiger partial charge in [-0.25, -0.2) is 8.42 Å². The fourth-order valence-corrected chi connectivity index (χ4v) is 4.65. The van der Waals surface area contributed by atoms with Gasteiger partial charge in [0.25, 0.3) is 5.91 Å². The number of aryl methyl sites for hydroxylation is 5. The first kappa shape index (κ1) is 23.5. The number of hydrogen-bond acceptors (Lipinski definition) is 3. The van der Waals surface area contributed by atoms with Crippen molar-refractivity contribution < 1.29 is 13.2 Å². The Balaban J connectivity index is 1.81. The van der Waals surface area contributed by atoms with Crippen molar-refractivity contribution in [1.82, 2.24) is 0 Å². The molecule has 6 heteroatoms. The second-order valence-electron chi connectivity index (χ2n) is 8.46. The van der Waals surface area contributed by atoms with E-state index in [0.29, 0.717) is 11.3 Å². The summed E-state index contributed by atoms with van der Waals surface area (Å²) in [5.41, 5.74) is 8.10. The highest BCUT2D eigenvalue weighted by Crippen LogP contribution is 2.25. The van der Waals surface area contributed by atoms with Crippen molar-refractivity contribution in [3.05, 3.63) is 93.5 Å². The third-order valence-electron chi connectivity index (χ3n) is 5.64. The van der Waals surface area contributed by atoms with Crippen LogP contribution in [0.5, 0.6) is 0 Å². The number of hydrogen-bond donors (Lipinski definition) is 1. The highest BCUT2D eigenvalue weighted by molar-refractivity contribution is 7.92. The van der Waals surface area contributed by atoms with Gasteiger partial charge in [-0.2, -0.15) is 0 Å². The molecule has 0 aliphatic heterocycles. The molecular weight excluding hydrogens is 420 g/mol. The summed E-state index contributed by atoms with van der Waals surface area (Å²) in [7, 11) is -3.47. The Hall–Kier alpha value is -3.12. The maximum atomic E-state index is 12.8. The summed E-state index contributed by atoms with van der Waals surface area (Å²) in [6.07, 6.45) is 1.20. The maximum absolute atomic E-state index is 12.8. The van der Waals surface area contributed by atoms with Crippen LogP contribution in [0.2, 0.25) is 0 Å². The summed E-state index contributed by atoms with van der Waals surface area (Å²) in [6, 6.07) is 16.7. The number of carbonyl (C=O) groups is 1. The number of sulfonamides is 1. The van der Waals surface area contributed by atoms with Crippen molar-refractivity contribution in [1.29, 1.82) is 0 Å². The maximum Gasteiger partial charge on any atom is 0.255 e. The zero-order valence-corrected chi connectivity index (χ0v) is 20.3. The molecule has 0 bridgehead atoms. The van der Waals surface area contributed by atoms with Gasteiger partial charge < -0.3 is 5.32 Å². The van der Waals surface area contributed by atoms with E-state index in [1.54, 1.807) is 24.3 Å². The molecule has 0 atom stereocenters. The van der Waals surface area contributed by atoms with E-state index >= 15 is 0 Å². The minimum absolute atomic E-state index is 0.194. The topological polar surface area (TPSA) is 66.5 Å². The molecule has 0 aliphatic rings. The lowest BCUT2D eigenvalue weighted by atomic mass is 10.0. The minimum Gasteiger partial charge on any atom is -0.322 e. The van der Waals surface area contributed by atoms with E-state index < -0.39 is 10.0 Å². The molecule has 0 heterocycles. The van der Waals surface area contributed by atoms with E-state index in [1.165, 1.54) is 10.6 Å². The van der Waals surface area contributed by atoms with Crippen molar-refractivity contribution >= 4 is 27.3 Å². The largest absolute Gasteiger partial charge is 0.322 e. The standard InChI is InChI=1S/C26H30N2O3S/c1-17-13-20(4)25(21(5)14-17)27-26(29)23-10-8-22(9-11-23)16-28(32(6,30)31)24-12-7-18(2)19(3)15-24/h7-15H,16H2,1-6H3,(H,27,29). The van der Waals surface area contributed by atoms with Crippen LogP contribution >= 0.6 is 0 Å². The van der Waals surface area contributed by atoms with E-state index in [1.807, 2.05) is 65.0 Å². The fourth-order valence-electron chi connectivity index (χ4n) is 3.77. The molecule has 0 aromatic heterocycles. The van der Waals surface area contributed by atoms with E-state index in [4.69, 9.17) is 0 Å². The lowest BCUT2D eigenvalue weighted by Crippen LogP contribution is -2.29. The monoisotopic (exact) mass is 450 g/mol. The van der Waals surface area contributed by atoms with E-state index in [0.717, 1.165) is 39.1 Å². The molecule has 0 saturated heterocycles. The van der Waals surface area contributed by atoms with Crippen LogP contribution in [-0.2, 0) is 16.6 Å². The van der Waals surface area contributed by atoms with Gasteiger partial charge in [0, 0.05) is 11.3 Å². The van der Waals surface area contributed by atoms with Gasteiger partial charge in [-0.3, -0.25) is 9.10 Å². The van der Waals surface area contributed by atoms with Crippen LogP contribution in [0.25, 0.3) is 0 Å². The first-order valence-electron chi connectivity index (χ1n) is 10.5. The van der Waals surface area contributed by atoms with Gasteiger partial charge in [-0.15, -0.1) is 0 Å². The molecule has 1 amide bonds. The lowest BCUT2D eigenvalue weighted by Gasteiger charge is -2.23. The number of benzene rings is 3. The molecule has 0 spiro atoms. The summed E-state index contributed by atoms with van der Waals surface area (Å²) in [4.78, 5) is 12.8. The molecule has 3 aromatic carbocycles. The Kier molecular flexibility index (Phi) is 6.74. The smallest absolute Gasteiger partial charge is 0.255 e. The molecular formula is C26H30N2O3S. The van der Waals surface area contributed by atoms with Crippen molar-refractivity contribution in [3.63, 3.8) is 0 Å². The normalized spacial score (nSPS) is 11.3. The molecule has 32 heavy (non-hydrogen) atoms. The van der Waals surface area contributed by atoms with Gasteiger partial charge in [0.1, 0.15) is 0 Å². The van der Waals surface area contributed by atoms with E-state index in [-0.39, 0.29) is 12.5 Å². The van der Waals surface area contributed by atoms with Gasteiger partial charge >= 0.3 is 0 Å². The molecule has 0 radical (unpaired) electrons. The van der Waals surface area contributed by atoms with Gasteiger partial charge in [-0.1, -0.05) is 35.9 Å². The van der Waals surface area contributed by atoms with Gasteiger partial charge in [0.15, 0.2) is 0 Å². The number of amides is 1. The van der Waals surface area contributed by atoms with Crippen LogP contribution in [-0.4, -0.2) is 20.6 Å². The quantitative estimate of drug-likeness (QED) is 0.543. The van der Waals surface area contributed by atoms with Crippen molar-refractivity contribution in [2.45, 2.75) is 41.2 Å². The molecule has 0 saturated carbocycles. The van der Waals surface area contributed by atoms with Crippen LogP contribution in [0.15, 0.2) is 54.6 Å². The molecule has 1 N–H and O–H groups in total. The zero-order valence-electron chi connectivity index (χ0n) is 19.5. The van der Waals surface area contributed by atoms with Gasteiger partial charge in [0.05, 0.1) is 18.5 Å². The Bertz CT molecular complexity index is 1240. The highest BCUT2D eigenvalue weighted by atomic mass is 32.2. The first-order chi connectivity index (χ1) is 15.0. The number of nitrogens with one attached hydrogen (secondary N) is 1. The predicted molar refractivity (Wildman–Crippen MR) is 132 cm³/mol. The fraction of sp³-hybridized carbons (Fsp3) is 0.269.